The Morgan fingerprint density at radius 3 is 2.00 bits per heavy atom. The predicted octanol–water partition coefficient (Wildman–Crippen LogP) is 9.40. The second kappa shape index (κ2) is 14.6. The number of phenolic OH excluding ortho intramolecular Hbond substituents is 2. The average Bonchev–Trinajstić information content (AvgIpc) is 3.62. The second-order valence-corrected chi connectivity index (χ2v) is 16.3. The summed E-state index contributed by atoms with van der Waals surface area (Å²) in [5, 5.41) is 52.9. The van der Waals surface area contributed by atoms with Gasteiger partial charge in [-0.1, -0.05) is 12.1 Å². The number of nitrogen functional groups attached to an aromatic ring is 1. The molecule has 0 atom stereocenters. The third kappa shape index (κ3) is 7.73. The number of anilines is 3. The molecule has 0 saturated carbocycles. The first-order chi connectivity index (χ1) is 28.0. The molecule has 0 aliphatic heterocycles. The first kappa shape index (κ1) is 38.5. The van der Waals surface area contributed by atoms with E-state index in [1.807, 2.05) is 0 Å². The number of azo groups is 2. The van der Waals surface area contributed by atoms with Gasteiger partial charge in [-0.05, 0) is 127 Å². The number of nitrogens with zero attached hydrogens (tertiary/aromatic N) is 7. The van der Waals surface area contributed by atoms with Crippen LogP contribution in [0.4, 0.5) is 39.8 Å². The molecule has 0 amide bonds. The fourth-order valence-electron chi connectivity index (χ4n) is 6.37. The monoisotopic (exact) mass is 829 g/mol. The maximum absolute atomic E-state index is 12.5. The van der Waals surface area contributed by atoms with Crippen LogP contribution in [0.25, 0.3) is 38.3 Å². The van der Waals surface area contributed by atoms with Crippen molar-refractivity contribution in [3.05, 3.63) is 120 Å². The highest BCUT2D eigenvalue weighted by Gasteiger charge is 2.23. The van der Waals surface area contributed by atoms with Gasteiger partial charge in [0.2, 0.25) is 0 Å². The Morgan fingerprint density at radius 1 is 0.644 bits per heavy atom. The van der Waals surface area contributed by atoms with Crippen LogP contribution in [-0.2, 0) is 20.2 Å². The zero-order valence-corrected chi connectivity index (χ0v) is 32.5. The number of benzene rings is 7. The summed E-state index contributed by atoms with van der Waals surface area (Å²) in [5.41, 5.74) is 10.7. The van der Waals surface area contributed by atoms with Crippen LogP contribution in [0.2, 0.25) is 0 Å². The summed E-state index contributed by atoms with van der Waals surface area (Å²) in [4.78, 5) is 0.361. The van der Waals surface area contributed by atoms with Gasteiger partial charge in [0.1, 0.15) is 33.1 Å². The minimum atomic E-state index is -4.85. The van der Waals surface area contributed by atoms with Crippen molar-refractivity contribution in [3.63, 3.8) is 0 Å². The van der Waals surface area contributed by atoms with Gasteiger partial charge in [0.05, 0.1) is 22.0 Å². The van der Waals surface area contributed by atoms with Crippen LogP contribution < -0.4 is 11.1 Å². The van der Waals surface area contributed by atoms with E-state index in [2.05, 4.69) is 36.0 Å². The van der Waals surface area contributed by atoms with Gasteiger partial charge < -0.3 is 21.3 Å². The highest BCUT2D eigenvalue weighted by Crippen LogP contribution is 2.43. The molecule has 0 saturated heterocycles. The van der Waals surface area contributed by atoms with E-state index in [0.29, 0.717) is 66.8 Å². The lowest BCUT2D eigenvalue weighted by Crippen LogP contribution is -1.99. The number of aromatic hydroxyl groups is 2. The average molecular weight is 830 g/mol. The molecule has 0 spiro atoms. The van der Waals surface area contributed by atoms with Gasteiger partial charge in [0.25, 0.3) is 20.2 Å². The molecule has 296 valence electrons. The largest absolute Gasteiger partial charge is 0.506 e. The van der Waals surface area contributed by atoms with Crippen molar-refractivity contribution >= 4 is 92.6 Å². The van der Waals surface area contributed by atoms with Crippen molar-refractivity contribution in [1.29, 1.82) is 0 Å². The summed E-state index contributed by atoms with van der Waals surface area (Å²) in [6.07, 6.45) is 0. The number of rotatable bonds is 9. The van der Waals surface area contributed by atoms with Gasteiger partial charge in [-0.25, -0.2) is 0 Å². The Kier molecular flexibility index (Phi) is 9.51. The summed E-state index contributed by atoms with van der Waals surface area (Å²) in [6, 6.07) is 28.4. The molecule has 7 aromatic carbocycles. The summed E-state index contributed by atoms with van der Waals surface area (Å²) < 4.78 is 67.7. The molecular weight excluding hydrogens is 799 g/mol. The molecule has 1 heterocycles. The van der Waals surface area contributed by atoms with Gasteiger partial charge in [-0.3, -0.25) is 9.11 Å². The number of hydrogen-bond acceptors (Lipinski definition) is 14. The van der Waals surface area contributed by atoms with Gasteiger partial charge in [-0.15, -0.1) is 20.1 Å². The molecule has 7 N–H and O–H groups in total. The van der Waals surface area contributed by atoms with Crippen LogP contribution >= 0.6 is 0 Å². The zero-order chi connectivity index (χ0) is 41.8. The lowest BCUT2D eigenvalue weighted by Gasteiger charge is -2.12. The van der Waals surface area contributed by atoms with E-state index in [9.17, 15) is 36.2 Å². The number of nitrogens with two attached hydrogens (primary N) is 1. The molecule has 0 unspecified atom stereocenters. The summed E-state index contributed by atoms with van der Waals surface area (Å²) in [6.45, 7) is 3.48. The van der Waals surface area contributed by atoms with Crippen LogP contribution in [0.3, 0.4) is 0 Å². The van der Waals surface area contributed by atoms with Crippen molar-refractivity contribution in [2.24, 2.45) is 20.5 Å². The Balaban J connectivity index is 1.03. The summed E-state index contributed by atoms with van der Waals surface area (Å²) in [7, 11) is -9.24. The number of nitrogens with one attached hydrogen (secondary N) is 1. The SMILES string of the molecule is Cc1cc(N=Nc2c(S(=O)(=O)O)cc3cc(Nc4ccc(N)cc4)ccc3c2O)c(C)cc1N=Nc1ccc(-n2nc3ccc4cc(S(=O)(=O)O)ccc4c3n2)c(O)c1. The van der Waals surface area contributed by atoms with Crippen LogP contribution in [0.5, 0.6) is 11.5 Å². The maximum Gasteiger partial charge on any atom is 0.296 e. The lowest BCUT2D eigenvalue weighted by atomic mass is 10.1. The Hall–Kier alpha value is -7.32. The van der Waals surface area contributed by atoms with Crippen molar-refractivity contribution < 1.29 is 36.2 Å². The number of aryl methyl sites for hydroxylation is 2. The normalized spacial score (nSPS) is 12.4. The van der Waals surface area contributed by atoms with Crippen LogP contribution in [-0.4, -0.2) is 51.1 Å². The molecule has 0 aliphatic rings. The van der Waals surface area contributed by atoms with Gasteiger partial charge in [-0.2, -0.15) is 32.2 Å². The van der Waals surface area contributed by atoms with Gasteiger partial charge in [0.15, 0.2) is 5.75 Å². The molecular formula is C40H31N9O8S2. The van der Waals surface area contributed by atoms with E-state index in [4.69, 9.17) is 5.73 Å². The smallest absolute Gasteiger partial charge is 0.296 e. The molecule has 8 aromatic rings. The topological polar surface area (TPSA) is 267 Å². The lowest BCUT2D eigenvalue weighted by molar-refractivity contribution is 0.468. The number of phenols is 2. The van der Waals surface area contributed by atoms with Crippen molar-refractivity contribution in [1.82, 2.24) is 15.0 Å². The summed E-state index contributed by atoms with van der Waals surface area (Å²) >= 11 is 0. The van der Waals surface area contributed by atoms with Crippen LogP contribution in [0.15, 0.2) is 139 Å². The first-order valence-corrected chi connectivity index (χ1v) is 20.3. The fraction of sp³-hybridized carbons (Fsp3) is 0.0500. The molecule has 59 heavy (non-hydrogen) atoms. The minimum absolute atomic E-state index is 0.195. The van der Waals surface area contributed by atoms with E-state index in [-0.39, 0.29) is 21.7 Å². The van der Waals surface area contributed by atoms with E-state index in [0.717, 1.165) is 5.69 Å². The van der Waals surface area contributed by atoms with E-state index in [1.165, 1.54) is 35.1 Å². The third-order valence-corrected chi connectivity index (χ3v) is 11.1. The highest BCUT2D eigenvalue weighted by atomic mass is 32.2. The molecule has 8 rings (SSSR count). The number of fused-ring (bicyclic) bond motifs is 4. The van der Waals surface area contributed by atoms with Gasteiger partial charge >= 0.3 is 0 Å². The molecule has 0 radical (unpaired) electrons. The Bertz CT molecular complexity index is 3320. The predicted molar refractivity (Wildman–Crippen MR) is 222 cm³/mol. The molecule has 1 aromatic heterocycles. The first-order valence-electron chi connectivity index (χ1n) is 17.5. The summed E-state index contributed by atoms with van der Waals surface area (Å²) in [5.74, 6) is -0.686. The maximum atomic E-state index is 12.5. The van der Waals surface area contributed by atoms with Crippen molar-refractivity contribution in [3.8, 4) is 17.2 Å². The Labute approximate surface area is 335 Å². The number of hydrogen-bond donors (Lipinski definition) is 6. The fourth-order valence-corrected chi connectivity index (χ4v) is 7.54. The standard InChI is InChI=1S/C40H31N9O8S2/c1-21-16-34(45-46-39-37(59(55,56)57)19-24-17-27(8-11-31(24)40(39)51)42-26-6-4-25(41)5-7-26)22(2)15-33(21)44-43-28-9-14-35(36(50)20-28)49-47-32-13-3-23-18-29(58(52,53)54)10-12-30(23)38(32)48-49/h3-20,42,50-51H,41H2,1-2H3,(H,52,53,54)(H,55,56,57). The highest BCUT2D eigenvalue weighted by molar-refractivity contribution is 7.86. The molecule has 0 aliphatic carbocycles. The van der Waals surface area contributed by atoms with Crippen molar-refractivity contribution in [2.75, 3.05) is 11.1 Å². The molecule has 0 fully saturated rings. The van der Waals surface area contributed by atoms with Crippen LogP contribution in [0.1, 0.15) is 11.1 Å². The van der Waals surface area contributed by atoms with E-state index in [1.54, 1.807) is 92.7 Å². The Morgan fingerprint density at radius 2 is 1.32 bits per heavy atom. The van der Waals surface area contributed by atoms with E-state index < -0.39 is 36.6 Å². The minimum Gasteiger partial charge on any atom is -0.506 e. The zero-order valence-electron chi connectivity index (χ0n) is 30.8. The van der Waals surface area contributed by atoms with Crippen molar-refractivity contribution in [2.45, 2.75) is 23.6 Å². The van der Waals surface area contributed by atoms with E-state index >= 15 is 0 Å². The molecule has 0 bridgehead atoms. The molecule has 17 nitrogen and oxygen atoms in total. The quantitative estimate of drug-likeness (QED) is 0.0451. The van der Waals surface area contributed by atoms with Crippen LogP contribution in [0, 0.1) is 13.8 Å². The van der Waals surface area contributed by atoms with Gasteiger partial charge in [0, 0.05) is 33.9 Å². The third-order valence-electron chi connectivity index (χ3n) is 9.38. The number of aromatic nitrogens is 3. The molecule has 19 heteroatoms. The second-order valence-electron chi connectivity index (χ2n) is 13.5.